The van der Waals surface area contributed by atoms with Crippen molar-refractivity contribution in [3.63, 3.8) is 0 Å². The maximum absolute atomic E-state index is 6.39. The summed E-state index contributed by atoms with van der Waals surface area (Å²) in [6.07, 6.45) is 2.28. The second-order valence-electron chi connectivity index (χ2n) is 10.8. The third-order valence-corrected chi connectivity index (χ3v) is 6.40. The first kappa shape index (κ1) is 27.2. The summed E-state index contributed by atoms with van der Waals surface area (Å²) in [6.45, 7) is 10.6. The molecule has 0 saturated heterocycles. The molecule has 4 aromatic rings. The topological polar surface area (TPSA) is 115 Å². The summed E-state index contributed by atoms with van der Waals surface area (Å²) < 4.78 is 8.17. The minimum Gasteiger partial charge on any atom is -0.470 e. The third-order valence-electron chi connectivity index (χ3n) is 6.40. The van der Waals surface area contributed by atoms with Gasteiger partial charge in [-0.2, -0.15) is 15.0 Å². The van der Waals surface area contributed by atoms with Crippen LogP contribution in [0.3, 0.4) is 0 Å². The van der Waals surface area contributed by atoms with Crippen molar-refractivity contribution in [2.75, 3.05) is 23.7 Å². The molecule has 0 saturated carbocycles. The minimum atomic E-state index is -0.163. The van der Waals surface area contributed by atoms with Gasteiger partial charge >= 0.3 is 0 Å². The standard InChI is InChI=1S/C30H37N9O/c1-20(2)17-31-29-34-28(35-30(36-29)32-18-21(3)4)24-19-39(38-37-24)16-15-25-33-26(22-11-7-5-8-12-22)27(40-25)23-13-9-6-10-14-23/h5-14,19-21,26-27H,15-18H2,1-4H3,(H2,31,32,34,35,36). The lowest BCUT2D eigenvalue weighted by molar-refractivity contribution is 0.191. The Kier molecular flexibility index (Phi) is 8.63. The van der Waals surface area contributed by atoms with Crippen molar-refractivity contribution in [3.05, 3.63) is 78.0 Å². The first-order valence-electron chi connectivity index (χ1n) is 13.9. The van der Waals surface area contributed by atoms with E-state index in [1.807, 2.05) is 42.6 Å². The second kappa shape index (κ2) is 12.7. The Morgan fingerprint density at radius 1 is 0.800 bits per heavy atom. The predicted molar refractivity (Wildman–Crippen MR) is 157 cm³/mol. The van der Waals surface area contributed by atoms with E-state index in [1.165, 1.54) is 0 Å². The molecule has 0 bridgehead atoms. The number of aryl methyl sites for hydroxylation is 1. The van der Waals surface area contributed by atoms with E-state index in [1.54, 1.807) is 4.68 Å². The van der Waals surface area contributed by atoms with Gasteiger partial charge in [0.2, 0.25) is 11.9 Å². The maximum atomic E-state index is 6.39. The van der Waals surface area contributed by atoms with Gasteiger partial charge in [-0.05, 0) is 23.0 Å². The molecule has 10 heteroatoms. The molecule has 2 aromatic carbocycles. The Labute approximate surface area is 235 Å². The third kappa shape index (κ3) is 6.99. The molecule has 0 amide bonds. The van der Waals surface area contributed by atoms with Crippen molar-refractivity contribution in [3.8, 4) is 11.5 Å². The highest BCUT2D eigenvalue weighted by molar-refractivity contribution is 5.78. The van der Waals surface area contributed by atoms with Crippen LogP contribution in [0.5, 0.6) is 0 Å². The molecule has 0 fully saturated rings. The van der Waals surface area contributed by atoms with E-state index >= 15 is 0 Å². The summed E-state index contributed by atoms with van der Waals surface area (Å²) >= 11 is 0. The Hall–Kier alpha value is -4.34. The number of ether oxygens (including phenoxy) is 1. The van der Waals surface area contributed by atoms with Crippen LogP contribution in [0.15, 0.2) is 71.9 Å². The molecule has 10 nitrogen and oxygen atoms in total. The number of benzene rings is 2. The normalized spacial score (nSPS) is 16.7. The molecule has 5 rings (SSSR count). The lowest BCUT2D eigenvalue weighted by atomic mass is 9.97. The summed E-state index contributed by atoms with van der Waals surface area (Å²) in [5, 5.41) is 15.3. The van der Waals surface area contributed by atoms with Crippen molar-refractivity contribution in [1.29, 1.82) is 0 Å². The number of anilines is 2. The molecule has 0 radical (unpaired) electrons. The van der Waals surface area contributed by atoms with Crippen molar-refractivity contribution in [2.24, 2.45) is 16.8 Å². The molecular formula is C30H37N9O. The smallest absolute Gasteiger partial charge is 0.228 e. The molecule has 0 aliphatic carbocycles. The van der Waals surface area contributed by atoms with Crippen molar-refractivity contribution < 1.29 is 4.74 Å². The number of nitrogens with zero attached hydrogens (tertiary/aromatic N) is 7. The van der Waals surface area contributed by atoms with Gasteiger partial charge in [0, 0.05) is 19.5 Å². The highest BCUT2D eigenvalue weighted by Crippen LogP contribution is 2.40. The first-order valence-corrected chi connectivity index (χ1v) is 13.9. The fraction of sp³-hybridized carbons (Fsp3) is 0.400. The summed E-state index contributed by atoms with van der Waals surface area (Å²) in [5.74, 6) is 3.13. The summed E-state index contributed by atoms with van der Waals surface area (Å²) in [6, 6.07) is 20.5. The highest BCUT2D eigenvalue weighted by atomic mass is 16.5. The number of nitrogens with one attached hydrogen (secondary N) is 2. The van der Waals surface area contributed by atoms with Gasteiger partial charge < -0.3 is 15.4 Å². The van der Waals surface area contributed by atoms with Gasteiger partial charge in [-0.25, -0.2) is 4.99 Å². The Balaban J connectivity index is 1.30. The average molecular weight is 540 g/mol. The maximum Gasteiger partial charge on any atom is 0.228 e. The van der Waals surface area contributed by atoms with Gasteiger partial charge in [0.25, 0.3) is 0 Å². The number of aliphatic imine (C=N–C) groups is 1. The van der Waals surface area contributed by atoms with Crippen molar-refractivity contribution in [1.82, 2.24) is 29.9 Å². The Morgan fingerprint density at radius 2 is 1.40 bits per heavy atom. The van der Waals surface area contributed by atoms with E-state index in [9.17, 15) is 0 Å². The van der Waals surface area contributed by atoms with E-state index in [2.05, 4.69) is 87.9 Å². The largest absolute Gasteiger partial charge is 0.470 e. The highest BCUT2D eigenvalue weighted by Gasteiger charge is 2.33. The quantitative estimate of drug-likeness (QED) is 0.240. The van der Waals surface area contributed by atoms with E-state index in [4.69, 9.17) is 9.73 Å². The van der Waals surface area contributed by atoms with Crippen LogP contribution in [0, 0.1) is 11.8 Å². The fourth-order valence-electron chi connectivity index (χ4n) is 4.34. The number of hydrogen-bond donors (Lipinski definition) is 2. The molecule has 3 heterocycles. The zero-order chi connectivity index (χ0) is 27.9. The molecule has 2 aromatic heterocycles. The van der Waals surface area contributed by atoms with Gasteiger partial charge in [0.15, 0.2) is 23.5 Å². The van der Waals surface area contributed by atoms with Gasteiger partial charge in [0.05, 0.1) is 12.7 Å². The zero-order valence-electron chi connectivity index (χ0n) is 23.5. The monoisotopic (exact) mass is 539 g/mol. The first-order chi connectivity index (χ1) is 19.4. The lowest BCUT2D eigenvalue weighted by Gasteiger charge is -2.18. The minimum absolute atomic E-state index is 0.0938. The SMILES string of the molecule is CC(C)CNc1nc(NCC(C)C)nc(-c2cn(CCC3=NC(c4ccccc4)C(c4ccccc4)O3)nn2)n1. The van der Waals surface area contributed by atoms with Crippen LogP contribution >= 0.6 is 0 Å². The molecule has 2 N–H and O–H groups in total. The molecule has 2 unspecified atom stereocenters. The van der Waals surface area contributed by atoms with Gasteiger partial charge in [-0.3, -0.25) is 4.68 Å². The van der Waals surface area contributed by atoms with Gasteiger partial charge in [-0.1, -0.05) is 93.6 Å². The molecular weight excluding hydrogens is 502 g/mol. The van der Waals surface area contributed by atoms with Crippen LogP contribution in [0.2, 0.25) is 0 Å². The second-order valence-corrected chi connectivity index (χ2v) is 10.8. The fourth-order valence-corrected chi connectivity index (χ4v) is 4.34. The summed E-state index contributed by atoms with van der Waals surface area (Å²) in [5.41, 5.74) is 2.82. The van der Waals surface area contributed by atoms with E-state index in [-0.39, 0.29) is 12.1 Å². The van der Waals surface area contributed by atoms with Crippen molar-refractivity contribution >= 4 is 17.8 Å². The van der Waals surface area contributed by atoms with Crippen LogP contribution in [-0.2, 0) is 11.3 Å². The van der Waals surface area contributed by atoms with E-state index in [0.29, 0.717) is 54.1 Å². The van der Waals surface area contributed by atoms with E-state index in [0.717, 1.165) is 24.2 Å². The molecule has 1 aliphatic heterocycles. The molecule has 208 valence electrons. The number of rotatable bonds is 12. The van der Waals surface area contributed by atoms with E-state index < -0.39 is 0 Å². The molecule has 1 aliphatic rings. The lowest BCUT2D eigenvalue weighted by Crippen LogP contribution is -2.15. The van der Waals surface area contributed by atoms with Crippen LogP contribution < -0.4 is 10.6 Å². The average Bonchev–Trinajstić information content (AvgIpc) is 3.62. The molecule has 40 heavy (non-hydrogen) atoms. The van der Waals surface area contributed by atoms with Crippen LogP contribution in [0.1, 0.15) is 57.4 Å². The zero-order valence-corrected chi connectivity index (χ0v) is 23.5. The molecule has 2 atom stereocenters. The van der Waals surface area contributed by atoms with Crippen molar-refractivity contribution in [2.45, 2.75) is 52.8 Å². The summed E-state index contributed by atoms with van der Waals surface area (Å²) in [4.78, 5) is 18.7. The number of hydrogen-bond acceptors (Lipinski definition) is 9. The van der Waals surface area contributed by atoms with Crippen LogP contribution in [0.25, 0.3) is 11.5 Å². The Morgan fingerprint density at radius 3 is 2.00 bits per heavy atom. The Bertz CT molecular complexity index is 1370. The summed E-state index contributed by atoms with van der Waals surface area (Å²) in [7, 11) is 0. The van der Waals surface area contributed by atoms with Gasteiger partial charge in [-0.15, -0.1) is 5.10 Å². The molecule has 0 spiro atoms. The predicted octanol–water partition coefficient (Wildman–Crippen LogP) is 5.57. The van der Waals surface area contributed by atoms with Gasteiger partial charge in [0.1, 0.15) is 6.04 Å². The number of aromatic nitrogens is 6. The van der Waals surface area contributed by atoms with Crippen LogP contribution in [0.4, 0.5) is 11.9 Å². The van der Waals surface area contributed by atoms with Crippen LogP contribution in [-0.4, -0.2) is 48.9 Å².